The molecule has 35 heavy (non-hydrogen) atoms. The van der Waals surface area contributed by atoms with Crippen LogP contribution in [-0.4, -0.2) is 24.7 Å². The zero-order valence-corrected chi connectivity index (χ0v) is 18.5. The molecule has 0 unspecified atom stereocenters. The first kappa shape index (κ1) is 22.0. The third-order valence-corrected chi connectivity index (χ3v) is 5.33. The third kappa shape index (κ3) is 4.63. The number of anilines is 1. The van der Waals surface area contributed by atoms with Crippen LogP contribution in [0.2, 0.25) is 0 Å². The molecule has 0 atom stereocenters. The molecule has 0 saturated carbocycles. The summed E-state index contributed by atoms with van der Waals surface area (Å²) < 4.78 is 22.0. The van der Waals surface area contributed by atoms with Gasteiger partial charge in [0.15, 0.2) is 0 Å². The van der Waals surface area contributed by atoms with Gasteiger partial charge in [0.05, 0.1) is 17.7 Å². The monoisotopic (exact) mass is 468 g/mol. The Morgan fingerprint density at radius 2 is 1.83 bits per heavy atom. The van der Waals surface area contributed by atoms with Gasteiger partial charge in [0.1, 0.15) is 11.5 Å². The van der Waals surface area contributed by atoms with Gasteiger partial charge in [-0.2, -0.15) is 4.98 Å². The van der Waals surface area contributed by atoms with Crippen LogP contribution in [0.15, 0.2) is 96.3 Å². The van der Waals surface area contributed by atoms with Crippen molar-refractivity contribution in [3.63, 3.8) is 0 Å². The smallest absolute Gasteiger partial charge is 0.276 e. The number of hydrogen-bond acceptors (Lipinski definition) is 8. The summed E-state index contributed by atoms with van der Waals surface area (Å²) in [6.07, 6.45) is 8.54. The Labute approximate surface area is 200 Å². The van der Waals surface area contributed by atoms with Gasteiger partial charge in [0.25, 0.3) is 5.89 Å². The van der Waals surface area contributed by atoms with E-state index >= 15 is 0 Å². The molecule has 174 valence electrons. The van der Waals surface area contributed by atoms with Crippen molar-refractivity contribution in [1.82, 2.24) is 24.7 Å². The number of pyridine rings is 1. The number of hydrogen-bond donors (Lipinski definition) is 2. The molecule has 0 bridgehead atoms. The SMILES string of the molecule is N/C(=C(/c1ccncc1)N(N)c1ccccc1F)c1nc(-c2cccc(Cn3ccnc3)c2)no1. The van der Waals surface area contributed by atoms with Gasteiger partial charge in [-0.1, -0.05) is 35.5 Å². The van der Waals surface area contributed by atoms with Crippen molar-refractivity contribution in [2.45, 2.75) is 6.54 Å². The summed E-state index contributed by atoms with van der Waals surface area (Å²) in [7, 11) is 0. The molecule has 3 heterocycles. The second-order valence-corrected chi connectivity index (χ2v) is 7.68. The maximum atomic E-state index is 14.5. The number of nitrogens with zero attached hydrogens (tertiary/aromatic N) is 6. The summed E-state index contributed by atoms with van der Waals surface area (Å²) in [6.45, 7) is 0.650. The van der Waals surface area contributed by atoms with Crippen molar-refractivity contribution in [3.05, 3.63) is 115 Å². The molecule has 5 aromatic rings. The highest BCUT2D eigenvalue weighted by Gasteiger charge is 2.22. The number of halogens is 1. The lowest BCUT2D eigenvalue weighted by Crippen LogP contribution is -2.32. The highest BCUT2D eigenvalue weighted by molar-refractivity contribution is 5.93. The molecule has 0 aliphatic carbocycles. The largest absolute Gasteiger partial charge is 0.392 e. The van der Waals surface area contributed by atoms with Crippen LogP contribution in [0, 0.1) is 5.82 Å². The molecule has 3 aromatic heterocycles. The molecular weight excluding hydrogens is 447 g/mol. The number of hydrazine groups is 1. The van der Waals surface area contributed by atoms with E-state index in [2.05, 4.69) is 20.1 Å². The average molecular weight is 468 g/mol. The lowest BCUT2D eigenvalue weighted by Gasteiger charge is -2.23. The van der Waals surface area contributed by atoms with E-state index in [1.165, 1.54) is 6.07 Å². The number of nitrogens with two attached hydrogens (primary N) is 2. The van der Waals surface area contributed by atoms with E-state index in [0.29, 0.717) is 23.6 Å². The molecular formula is C25H21FN8O. The number of imidazole rings is 1. The van der Waals surface area contributed by atoms with Crippen molar-refractivity contribution in [3.8, 4) is 11.4 Å². The van der Waals surface area contributed by atoms with Crippen molar-refractivity contribution in [1.29, 1.82) is 0 Å². The molecule has 0 fully saturated rings. The van der Waals surface area contributed by atoms with Crippen LogP contribution in [-0.2, 0) is 6.54 Å². The maximum Gasteiger partial charge on any atom is 0.276 e. The summed E-state index contributed by atoms with van der Waals surface area (Å²) in [5, 5.41) is 5.27. The maximum absolute atomic E-state index is 14.5. The molecule has 0 amide bonds. The van der Waals surface area contributed by atoms with Crippen molar-refractivity contribution < 1.29 is 8.91 Å². The summed E-state index contributed by atoms with van der Waals surface area (Å²) >= 11 is 0. The predicted molar refractivity (Wildman–Crippen MR) is 129 cm³/mol. The minimum absolute atomic E-state index is 0.0543. The highest BCUT2D eigenvalue weighted by Crippen LogP contribution is 2.30. The quantitative estimate of drug-likeness (QED) is 0.274. The average Bonchev–Trinajstić information content (AvgIpc) is 3.58. The first-order chi connectivity index (χ1) is 17.1. The van der Waals surface area contributed by atoms with Gasteiger partial charge in [-0.3, -0.25) is 9.99 Å². The van der Waals surface area contributed by atoms with Gasteiger partial charge in [0, 0.05) is 42.5 Å². The molecule has 0 saturated heterocycles. The van der Waals surface area contributed by atoms with E-state index < -0.39 is 5.82 Å². The van der Waals surface area contributed by atoms with Crippen LogP contribution >= 0.6 is 0 Å². The van der Waals surface area contributed by atoms with E-state index in [4.69, 9.17) is 16.1 Å². The Morgan fingerprint density at radius 1 is 1.00 bits per heavy atom. The highest BCUT2D eigenvalue weighted by atomic mass is 19.1. The number of aromatic nitrogens is 5. The van der Waals surface area contributed by atoms with E-state index in [1.807, 2.05) is 35.0 Å². The second-order valence-electron chi connectivity index (χ2n) is 7.68. The Balaban J connectivity index is 1.53. The molecule has 5 rings (SSSR count). The van der Waals surface area contributed by atoms with Crippen molar-refractivity contribution in [2.75, 3.05) is 5.01 Å². The van der Waals surface area contributed by atoms with Gasteiger partial charge >= 0.3 is 0 Å². The predicted octanol–water partition coefficient (Wildman–Crippen LogP) is 3.68. The topological polar surface area (TPSA) is 125 Å². The summed E-state index contributed by atoms with van der Waals surface area (Å²) in [6, 6.07) is 17.3. The minimum Gasteiger partial charge on any atom is -0.392 e. The summed E-state index contributed by atoms with van der Waals surface area (Å²) in [4.78, 5) is 12.6. The van der Waals surface area contributed by atoms with Gasteiger partial charge in [-0.15, -0.1) is 0 Å². The first-order valence-electron chi connectivity index (χ1n) is 10.7. The van der Waals surface area contributed by atoms with Crippen LogP contribution < -0.4 is 16.6 Å². The molecule has 0 radical (unpaired) electrons. The minimum atomic E-state index is -0.504. The molecule has 0 aliphatic heterocycles. The lowest BCUT2D eigenvalue weighted by molar-refractivity contribution is 0.408. The molecule has 4 N–H and O–H groups in total. The van der Waals surface area contributed by atoms with E-state index in [9.17, 15) is 4.39 Å². The number of rotatable bonds is 7. The van der Waals surface area contributed by atoms with Crippen LogP contribution in [0.1, 0.15) is 17.0 Å². The van der Waals surface area contributed by atoms with Crippen LogP contribution in [0.3, 0.4) is 0 Å². The normalized spacial score (nSPS) is 11.8. The summed E-state index contributed by atoms with van der Waals surface area (Å²) in [5.41, 5.74) is 9.40. The first-order valence-corrected chi connectivity index (χ1v) is 10.7. The Hall–Kier alpha value is -4.83. The molecule has 0 aliphatic rings. The van der Waals surface area contributed by atoms with Crippen molar-refractivity contribution >= 4 is 17.1 Å². The van der Waals surface area contributed by atoms with E-state index in [1.54, 1.807) is 55.2 Å². The fourth-order valence-corrected chi connectivity index (χ4v) is 3.65. The molecule has 2 aromatic carbocycles. The van der Waals surface area contributed by atoms with Crippen LogP contribution in [0.25, 0.3) is 22.8 Å². The zero-order chi connectivity index (χ0) is 24.2. The molecule has 10 heteroatoms. The van der Waals surface area contributed by atoms with E-state index in [-0.39, 0.29) is 17.3 Å². The summed E-state index contributed by atoms with van der Waals surface area (Å²) in [5.74, 6) is 6.26. The van der Waals surface area contributed by atoms with Crippen LogP contribution in [0.4, 0.5) is 10.1 Å². The van der Waals surface area contributed by atoms with Gasteiger partial charge in [-0.25, -0.2) is 15.2 Å². The Kier molecular flexibility index (Phi) is 6.01. The third-order valence-electron chi connectivity index (χ3n) is 5.33. The van der Waals surface area contributed by atoms with Crippen LogP contribution in [0.5, 0.6) is 0 Å². The number of benzene rings is 2. The van der Waals surface area contributed by atoms with Gasteiger partial charge < -0.3 is 14.8 Å². The Bertz CT molecular complexity index is 1460. The zero-order valence-electron chi connectivity index (χ0n) is 18.5. The fraction of sp³-hybridized carbons (Fsp3) is 0.0400. The Morgan fingerprint density at radius 3 is 2.60 bits per heavy atom. The van der Waals surface area contributed by atoms with Gasteiger partial charge in [-0.05, 0) is 35.9 Å². The van der Waals surface area contributed by atoms with E-state index in [0.717, 1.165) is 16.1 Å². The number of para-hydroxylation sites is 1. The standard InChI is InChI=1S/C25H21FN8O/c26-20-6-1-2-7-21(20)34(28)23(18-8-10-29-11-9-18)22(27)25-31-24(32-35-25)19-5-3-4-17(14-19)15-33-13-12-30-16-33/h1-14,16H,15,27-28H2/b23-22-. The van der Waals surface area contributed by atoms with Crippen molar-refractivity contribution in [2.24, 2.45) is 11.6 Å². The van der Waals surface area contributed by atoms with Gasteiger partial charge in [0.2, 0.25) is 5.82 Å². The lowest BCUT2D eigenvalue weighted by atomic mass is 10.1. The fourth-order valence-electron chi connectivity index (χ4n) is 3.65. The molecule has 0 spiro atoms. The second kappa shape index (κ2) is 9.57. The molecule has 9 nitrogen and oxygen atoms in total.